The topological polar surface area (TPSA) is 75.3 Å². The molecular weight excluding hydrogens is 360 g/mol. The van der Waals surface area contributed by atoms with Gasteiger partial charge in [-0.3, -0.25) is 0 Å². The lowest BCUT2D eigenvalue weighted by Crippen LogP contribution is -2.45. The van der Waals surface area contributed by atoms with E-state index in [0.717, 1.165) is 38.2 Å². The van der Waals surface area contributed by atoms with Crippen LogP contribution >= 0.6 is 0 Å². The first-order chi connectivity index (χ1) is 14.1. The molecule has 3 N–H and O–H groups in total. The maximum absolute atomic E-state index is 9.87. The van der Waals surface area contributed by atoms with Crippen molar-refractivity contribution in [1.82, 2.24) is 9.97 Å². The number of aliphatic hydroxyl groups is 1. The zero-order chi connectivity index (χ0) is 20.0. The molecule has 5 heteroatoms. The van der Waals surface area contributed by atoms with Gasteiger partial charge in [-0.05, 0) is 54.1 Å². The van der Waals surface area contributed by atoms with E-state index in [1.807, 2.05) is 0 Å². The van der Waals surface area contributed by atoms with E-state index in [1.54, 1.807) is 6.20 Å². The second-order valence-corrected chi connectivity index (χ2v) is 8.98. The molecule has 1 aromatic heterocycles. The maximum atomic E-state index is 9.87. The summed E-state index contributed by atoms with van der Waals surface area (Å²) in [5.41, 5.74) is 10.8. The van der Waals surface area contributed by atoms with Crippen LogP contribution in [-0.2, 0) is 13.0 Å². The van der Waals surface area contributed by atoms with Crippen LogP contribution in [0.2, 0.25) is 0 Å². The van der Waals surface area contributed by atoms with Crippen molar-refractivity contribution in [3.05, 3.63) is 53.0 Å². The molecule has 2 aliphatic carbocycles. The predicted octanol–water partition coefficient (Wildman–Crippen LogP) is 2.82. The van der Waals surface area contributed by atoms with E-state index in [1.165, 1.54) is 17.5 Å². The fourth-order valence-electron chi connectivity index (χ4n) is 5.01. The molecule has 1 spiro atoms. The second kappa shape index (κ2) is 7.12. The number of benzene rings is 1. The molecule has 2 heterocycles. The van der Waals surface area contributed by atoms with Crippen LogP contribution in [0, 0.1) is 29.1 Å². The van der Waals surface area contributed by atoms with Crippen LogP contribution in [0.1, 0.15) is 54.7 Å². The van der Waals surface area contributed by atoms with Gasteiger partial charge in [0.05, 0.1) is 12.8 Å². The van der Waals surface area contributed by atoms with Gasteiger partial charge >= 0.3 is 0 Å². The molecule has 1 aromatic carbocycles. The zero-order valence-corrected chi connectivity index (χ0v) is 16.9. The van der Waals surface area contributed by atoms with Gasteiger partial charge in [0.25, 0.3) is 0 Å². The van der Waals surface area contributed by atoms with Crippen LogP contribution in [0.3, 0.4) is 0 Å². The number of aliphatic hydroxyl groups excluding tert-OH is 1. The smallest absolute Gasteiger partial charge is 0.152 e. The fourth-order valence-corrected chi connectivity index (χ4v) is 5.01. The molecule has 1 saturated heterocycles. The van der Waals surface area contributed by atoms with Crippen LogP contribution in [0.15, 0.2) is 30.5 Å². The first kappa shape index (κ1) is 18.6. The number of rotatable bonds is 2. The number of aromatic nitrogens is 2. The van der Waals surface area contributed by atoms with Gasteiger partial charge in [-0.25, -0.2) is 9.97 Å². The summed E-state index contributed by atoms with van der Waals surface area (Å²) in [5, 5.41) is 9.87. The molecule has 0 amide bonds. The van der Waals surface area contributed by atoms with E-state index in [4.69, 9.17) is 5.73 Å². The Bertz CT molecular complexity index is 984. The van der Waals surface area contributed by atoms with Crippen molar-refractivity contribution in [2.45, 2.75) is 45.3 Å². The lowest BCUT2D eigenvalue weighted by molar-refractivity contribution is 0.186. The van der Waals surface area contributed by atoms with Gasteiger partial charge in [0, 0.05) is 25.0 Å². The van der Waals surface area contributed by atoms with Crippen LogP contribution in [0.5, 0.6) is 0 Å². The van der Waals surface area contributed by atoms with E-state index >= 15 is 0 Å². The van der Waals surface area contributed by atoms with Crippen molar-refractivity contribution < 1.29 is 5.11 Å². The summed E-state index contributed by atoms with van der Waals surface area (Å²) in [6.45, 7) is 3.86. The minimum Gasteiger partial charge on any atom is -0.390 e. The summed E-state index contributed by atoms with van der Waals surface area (Å²) >= 11 is 0. The van der Waals surface area contributed by atoms with Gasteiger partial charge in [0.15, 0.2) is 5.82 Å². The number of piperidine rings is 1. The molecule has 5 rings (SSSR count). The Morgan fingerprint density at radius 1 is 1.28 bits per heavy atom. The molecule has 2 fully saturated rings. The summed E-state index contributed by atoms with van der Waals surface area (Å²) in [4.78, 5) is 11.5. The van der Waals surface area contributed by atoms with E-state index < -0.39 is 0 Å². The summed E-state index contributed by atoms with van der Waals surface area (Å²) in [6, 6.07) is 8.69. The third-order valence-electron chi connectivity index (χ3n) is 7.12. The van der Waals surface area contributed by atoms with Gasteiger partial charge in [-0.1, -0.05) is 37.1 Å². The third kappa shape index (κ3) is 3.31. The zero-order valence-electron chi connectivity index (χ0n) is 16.9. The quantitative estimate of drug-likeness (QED) is 0.774. The summed E-state index contributed by atoms with van der Waals surface area (Å²) < 4.78 is 0. The Morgan fingerprint density at radius 3 is 2.72 bits per heavy atom. The molecule has 2 unspecified atom stereocenters. The molecule has 3 atom stereocenters. The van der Waals surface area contributed by atoms with Gasteiger partial charge in [-0.15, -0.1) is 0 Å². The Balaban J connectivity index is 1.31. The molecule has 0 bridgehead atoms. The fraction of sp³-hybridized carbons (Fsp3) is 0.500. The molecule has 5 nitrogen and oxygen atoms in total. The van der Waals surface area contributed by atoms with Crippen molar-refractivity contribution in [3.63, 3.8) is 0 Å². The van der Waals surface area contributed by atoms with E-state index in [-0.39, 0.29) is 18.1 Å². The van der Waals surface area contributed by atoms with E-state index in [9.17, 15) is 5.11 Å². The lowest BCUT2D eigenvalue weighted by Gasteiger charge is -2.42. The number of anilines is 1. The number of nitrogens with zero attached hydrogens (tertiary/aromatic N) is 3. The summed E-state index contributed by atoms with van der Waals surface area (Å²) in [6.07, 6.45) is 6.03. The highest BCUT2D eigenvalue weighted by molar-refractivity contribution is 5.47. The minimum absolute atomic E-state index is 0.103. The number of hydrogen-bond donors (Lipinski definition) is 2. The van der Waals surface area contributed by atoms with Gasteiger partial charge in [-0.2, -0.15) is 0 Å². The molecule has 150 valence electrons. The number of fused-ring (bicyclic) bond motifs is 1. The van der Waals surface area contributed by atoms with Crippen LogP contribution < -0.4 is 10.6 Å². The standard InChI is InChI=1S/C24H28N4O/c1-16-12-17(16)6-7-19-14-26-23(21(15-29)27-19)28-10-8-24(9-11-28)13-18-4-2-3-5-20(18)22(24)25/h2-5,14,16-17,22,29H,8-13,15,25H2,1H3/t16?,17?,22-/m1/s1. The van der Waals surface area contributed by atoms with Crippen molar-refractivity contribution in [2.75, 3.05) is 18.0 Å². The predicted molar refractivity (Wildman–Crippen MR) is 113 cm³/mol. The Kier molecular flexibility index (Phi) is 4.57. The monoisotopic (exact) mass is 388 g/mol. The molecule has 3 aliphatic rings. The highest BCUT2D eigenvalue weighted by Crippen LogP contribution is 2.51. The Hall–Kier alpha value is -2.42. The van der Waals surface area contributed by atoms with Crippen molar-refractivity contribution in [1.29, 1.82) is 0 Å². The lowest BCUT2D eigenvalue weighted by atomic mass is 9.73. The van der Waals surface area contributed by atoms with Gasteiger partial charge in [0.2, 0.25) is 0 Å². The second-order valence-electron chi connectivity index (χ2n) is 8.98. The highest BCUT2D eigenvalue weighted by Gasteiger charge is 2.46. The average molecular weight is 389 g/mol. The Morgan fingerprint density at radius 2 is 2.03 bits per heavy atom. The maximum Gasteiger partial charge on any atom is 0.152 e. The number of hydrogen-bond acceptors (Lipinski definition) is 5. The first-order valence-corrected chi connectivity index (χ1v) is 10.7. The van der Waals surface area contributed by atoms with Gasteiger partial charge < -0.3 is 15.7 Å². The minimum atomic E-state index is -0.121. The normalized spacial score (nSPS) is 26.7. The highest BCUT2D eigenvalue weighted by atomic mass is 16.3. The van der Waals surface area contributed by atoms with E-state index in [2.05, 4.69) is 57.9 Å². The molecule has 2 aromatic rings. The van der Waals surface area contributed by atoms with Crippen molar-refractivity contribution in [3.8, 4) is 11.8 Å². The summed E-state index contributed by atoms with van der Waals surface area (Å²) in [5.74, 6) is 8.36. The van der Waals surface area contributed by atoms with Gasteiger partial charge in [0.1, 0.15) is 11.4 Å². The van der Waals surface area contributed by atoms with Crippen LogP contribution in [0.4, 0.5) is 5.82 Å². The summed E-state index contributed by atoms with van der Waals surface area (Å²) in [7, 11) is 0. The van der Waals surface area contributed by atoms with Crippen molar-refractivity contribution in [2.24, 2.45) is 23.0 Å². The van der Waals surface area contributed by atoms with Crippen molar-refractivity contribution >= 4 is 5.82 Å². The molecule has 1 aliphatic heterocycles. The number of nitrogens with two attached hydrogens (primary N) is 1. The average Bonchev–Trinajstić information content (AvgIpc) is 3.40. The SMILES string of the molecule is CC1CC1C#Cc1cnc(N2CCC3(CC2)Cc2ccccc2[C@H]3N)c(CO)n1. The Labute approximate surface area is 172 Å². The molecule has 1 saturated carbocycles. The molecular formula is C24H28N4O. The third-order valence-corrected chi connectivity index (χ3v) is 7.12. The molecule has 29 heavy (non-hydrogen) atoms. The largest absolute Gasteiger partial charge is 0.390 e. The first-order valence-electron chi connectivity index (χ1n) is 10.7. The van der Waals surface area contributed by atoms with Crippen LogP contribution in [0.25, 0.3) is 0 Å². The molecule has 0 radical (unpaired) electrons. The van der Waals surface area contributed by atoms with E-state index in [0.29, 0.717) is 23.2 Å². The van der Waals surface area contributed by atoms with Crippen LogP contribution in [-0.4, -0.2) is 28.2 Å².